The average Bonchev–Trinajstić information content (AvgIpc) is 2.96. The van der Waals surface area contributed by atoms with Crippen molar-refractivity contribution in [1.82, 2.24) is 10.3 Å². The first-order valence-corrected chi connectivity index (χ1v) is 7.23. The van der Waals surface area contributed by atoms with Crippen LogP contribution in [0.25, 0.3) is 0 Å². The molecule has 0 saturated heterocycles. The largest absolute Gasteiger partial charge is 0.385 e. The highest BCUT2D eigenvalue weighted by Crippen LogP contribution is 2.10. The van der Waals surface area contributed by atoms with Gasteiger partial charge in [0.05, 0.1) is 17.7 Å². The summed E-state index contributed by atoms with van der Waals surface area (Å²) < 4.78 is 0. The Morgan fingerprint density at radius 3 is 2.74 bits per heavy atom. The molecule has 1 amide bonds. The zero-order chi connectivity index (χ0) is 13.5. The van der Waals surface area contributed by atoms with Crippen LogP contribution < -0.4 is 10.6 Å². The summed E-state index contributed by atoms with van der Waals surface area (Å²) in [6.07, 6.45) is 1.08. The minimum atomic E-state index is -0.0740. The predicted octanol–water partition coefficient (Wildman–Crippen LogP) is 2.90. The first kappa shape index (κ1) is 13.5. The van der Waals surface area contributed by atoms with Gasteiger partial charge in [0.15, 0.2) is 0 Å². The van der Waals surface area contributed by atoms with Crippen LogP contribution in [0.1, 0.15) is 29.4 Å². The molecule has 0 bridgehead atoms. The maximum atomic E-state index is 11.9. The molecule has 2 N–H and O–H groups in total. The van der Waals surface area contributed by atoms with Crippen LogP contribution >= 0.6 is 11.3 Å². The van der Waals surface area contributed by atoms with Gasteiger partial charge in [-0.15, -0.1) is 11.3 Å². The van der Waals surface area contributed by atoms with Crippen molar-refractivity contribution < 1.29 is 4.79 Å². The van der Waals surface area contributed by atoms with Gasteiger partial charge in [0.1, 0.15) is 0 Å². The highest BCUT2D eigenvalue weighted by molar-refractivity contribution is 7.07. The van der Waals surface area contributed by atoms with Gasteiger partial charge in [-0.2, -0.15) is 0 Å². The van der Waals surface area contributed by atoms with E-state index >= 15 is 0 Å². The van der Waals surface area contributed by atoms with Crippen molar-refractivity contribution in [2.45, 2.75) is 19.9 Å². The summed E-state index contributed by atoms with van der Waals surface area (Å²) in [6, 6.07) is 7.50. The molecule has 0 radical (unpaired) electrons. The van der Waals surface area contributed by atoms with Crippen LogP contribution in [0.5, 0.6) is 0 Å². The fourth-order valence-electron chi connectivity index (χ4n) is 1.61. The van der Waals surface area contributed by atoms with Crippen molar-refractivity contribution >= 4 is 22.9 Å². The molecule has 2 rings (SSSR count). The SMILES string of the molecule is CCCNc1ccc(C(=O)NCc2cscn2)cc1. The van der Waals surface area contributed by atoms with Gasteiger partial charge in [0.25, 0.3) is 5.91 Å². The monoisotopic (exact) mass is 275 g/mol. The Kier molecular flexibility index (Phi) is 4.92. The predicted molar refractivity (Wildman–Crippen MR) is 78.5 cm³/mol. The zero-order valence-corrected chi connectivity index (χ0v) is 11.7. The van der Waals surface area contributed by atoms with E-state index in [2.05, 4.69) is 22.5 Å². The van der Waals surface area contributed by atoms with Gasteiger partial charge in [0.2, 0.25) is 0 Å². The summed E-state index contributed by atoms with van der Waals surface area (Å²) >= 11 is 1.53. The quantitative estimate of drug-likeness (QED) is 0.852. The van der Waals surface area contributed by atoms with Gasteiger partial charge in [-0.05, 0) is 30.7 Å². The van der Waals surface area contributed by atoms with E-state index in [1.54, 1.807) is 5.51 Å². The van der Waals surface area contributed by atoms with Crippen LogP contribution in [0.3, 0.4) is 0 Å². The summed E-state index contributed by atoms with van der Waals surface area (Å²) in [5.41, 5.74) is 4.35. The zero-order valence-electron chi connectivity index (χ0n) is 10.8. The Morgan fingerprint density at radius 1 is 1.32 bits per heavy atom. The third-order valence-corrected chi connectivity index (χ3v) is 3.28. The van der Waals surface area contributed by atoms with E-state index in [0.29, 0.717) is 12.1 Å². The van der Waals surface area contributed by atoms with Crippen LogP contribution in [0.15, 0.2) is 35.2 Å². The fraction of sp³-hybridized carbons (Fsp3) is 0.286. The lowest BCUT2D eigenvalue weighted by molar-refractivity contribution is 0.0950. The van der Waals surface area contributed by atoms with Crippen molar-refractivity contribution in [2.75, 3.05) is 11.9 Å². The number of hydrogen-bond acceptors (Lipinski definition) is 4. The standard InChI is InChI=1S/C14H17N3OS/c1-2-7-15-12-5-3-11(4-6-12)14(18)16-8-13-9-19-10-17-13/h3-6,9-10,15H,2,7-8H2,1H3,(H,16,18). The number of thiazole rings is 1. The molecule has 1 aromatic carbocycles. The summed E-state index contributed by atoms with van der Waals surface area (Å²) in [5, 5.41) is 8.05. The molecule has 0 aliphatic rings. The number of aromatic nitrogens is 1. The highest BCUT2D eigenvalue weighted by atomic mass is 32.1. The average molecular weight is 275 g/mol. The highest BCUT2D eigenvalue weighted by Gasteiger charge is 2.05. The van der Waals surface area contributed by atoms with E-state index in [4.69, 9.17) is 0 Å². The Labute approximate surface area is 116 Å². The Bertz CT molecular complexity index is 508. The molecule has 0 atom stereocenters. The van der Waals surface area contributed by atoms with Gasteiger partial charge in [-0.3, -0.25) is 4.79 Å². The number of carbonyl (C=O) groups is 1. The number of anilines is 1. The topological polar surface area (TPSA) is 54.0 Å². The normalized spacial score (nSPS) is 10.2. The molecule has 1 heterocycles. The summed E-state index contributed by atoms with van der Waals surface area (Å²) in [7, 11) is 0. The maximum absolute atomic E-state index is 11.9. The third kappa shape index (κ3) is 4.06. The maximum Gasteiger partial charge on any atom is 0.251 e. The minimum Gasteiger partial charge on any atom is -0.385 e. The summed E-state index contributed by atoms with van der Waals surface area (Å²) in [6.45, 7) is 3.53. The van der Waals surface area contributed by atoms with Crippen molar-refractivity contribution in [1.29, 1.82) is 0 Å². The van der Waals surface area contributed by atoms with E-state index in [1.807, 2.05) is 29.6 Å². The molecule has 0 saturated carbocycles. The number of nitrogens with zero attached hydrogens (tertiary/aromatic N) is 1. The van der Waals surface area contributed by atoms with Gasteiger partial charge < -0.3 is 10.6 Å². The van der Waals surface area contributed by atoms with Crippen LogP contribution in [0.4, 0.5) is 5.69 Å². The van der Waals surface area contributed by atoms with E-state index in [0.717, 1.165) is 24.3 Å². The molecule has 0 spiro atoms. The van der Waals surface area contributed by atoms with Crippen LogP contribution in [-0.4, -0.2) is 17.4 Å². The fourth-order valence-corrected chi connectivity index (χ4v) is 2.16. The van der Waals surface area contributed by atoms with E-state index in [-0.39, 0.29) is 5.91 Å². The minimum absolute atomic E-state index is 0.0740. The van der Waals surface area contributed by atoms with Crippen LogP contribution in [0, 0.1) is 0 Å². The van der Waals surface area contributed by atoms with Crippen molar-refractivity contribution in [3.05, 3.63) is 46.4 Å². The summed E-state index contributed by atoms with van der Waals surface area (Å²) in [5.74, 6) is -0.0740. The van der Waals surface area contributed by atoms with E-state index in [1.165, 1.54) is 11.3 Å². The molecular weight excluding hydrogens is 258 g/mol. The number of carbonyl (C=O) groups excluding carboxylic acids is 1. The van der Waals surface area contributed by atoms with E-state index in [9.17, 15) is 4.79 Å². The molecule has 0 aliphatic heterocycles. The van der Waals surface area contributed by atoms with Crippen molar-refractivity contribution in [3.8, 4) is 0 Å². The first-order chi connectivity index (χ1) is 9.29. The van der Waals surface area contributed by atoms with Gasteiger partial charge in [-0.25, -0.2) is 4.98 Å². The Hall–Kier alpha value is -1.88. The molecule has 19 heavy (non-hydrogen) atoms. The van der Waals surface area contributed by atoms with Gasteiger partial charge in [0, 0.05) is 23.2 Å². The van der Waals surface area contributed by atoms with Crippen molar-refractivity contribution in [2.24, 2.45) is 0 Å². The van der Waals surface area contributed by atoms with Gasteiger partial charge in [-0.1, -0.05) is 6.92 Å². The number of rotatable bonds is 6. The molecule has 100 valence electrons. The number of amides is 1. The lowest BCUT2D eigenvalue weighted by Gasteiger charge is -2.06. The molecule has 2 aromatic rings. The molecule has 4 nitrogen and oxygen atoms in total. The number of benzene rings is 1. The lowest BCUT2D eigenvalue weighted by Crippen LogP contribution is -2.22. The van der Waals surface area contributed by atoms with Crippen molar-refractivity contribution in [3.63, 3.8) is 0 Å². The molecule has 0 fully saturated rings. The number of nitrogens with one attached hydrogen (secondary N) is 2. The van der Waals surface area contributed by atoms with Gasteiger partial charge >= 0.3 is 0 Å². The molecule has 0 aliphatic carbocycles. The smallest absolute Gasteiger partial charge is 0.251 e. The second-order valence-corrected chi connectivity index (χ2v) is 4.89. The molecular formula is C14H17N3OS. The first-order valence-electron chi connectivity index (χ1n) is 6.29. The third-order valence-electron chi connectivity index (χ3n) is 2.64. The molecule has 5 heteroatoms. The van der Waals surface area contributed by atoms with E-state index < -0.39 is 0 Å². The van der Waals surface area contributed by atoms with Crippen LogP contribution in [-0.2, 0) is 6.54 Å². The lowest BCUT2D eigenvalue weighted by atomic mass is 10.2. The molecule has 1 aromatic heterocycles. The second-order valence-electron chi connectivity index (χ2n) is 4.17. The Balaban J connectivity index is 1.88. The second kappa shape index (κ2) is 6.89. The van der Waals surface area contributed by atoms with Crippen LogP contribution in [0.2, 0.25) is 0 Å². The Morgan fingerprint density at radius 2 is 2.11 bits per heavy atom. The number of hydrogen-bond donors (Lipinski definition) is 2. The molecule has 0 unspecified atom stereocenters. The summed E-state index contributed by atoms with van der Waals surface area (Å²) in [4.78, 5) is 16.0.